The second kappa shape index (κ2) is 3.06. The Kier molecular flexibility index (Phi) is 2.09. The molecule has 2 fully saturated rings. The molecule has 2 aliphatic heterocycles. The topological polar surface area (TPSA) is 59.3 Å². The van der Waals surface area contributed by atoms with Gasteiger partial charge in [-0.05, 0) is 12.8 Å². The summed E-state index contributed by atoms with van der Waals surface area (Å²) in [4.78, 5) is 0. The summed E-state index contributed by atoms with van der Waals surface area (Å²) in [5, 5.41) is 3.50. The normalized spacial score (nSPS) is 43.9. The van der Waals surface area contributed by atoms with E-state index in [9.17, 15) is 0 Å². The highest BCUT2D eigenvalue weighted by Gasteiger charge is 2.30. The molecule has 0 aromatic heterocycles. The molecule has 2 atom stereocenters. The summed E-state index contributed by atoms with van der Waals surface area (Å²) < 4.78 is 5.40. The molecule has 11 heavy (non-hydrogen) atoms. The number of piperidine rings is 1. The van der Waals surface area contributed by atoms with Gasteiger partial charge in [0.2, 0.25) is 0 Å². The molecule has 0 aromatic carbocycles. The first-order valence-electron chi connectivity index (χ1n) is 4.18. The van der Waals surface area contributed by atoms with Crippen molar-refractivity contribution in [1.82, 2.24) is 10.7 Å². The van der Waals surface area contributed by atoms with Gasteiger partial charge in [0.05, 0.1) is 13.2 Å². The van der Waals surface area contributed by atoms with Crippen LogP contribution in [0.2, 0.25) is 0 Å². The second-order valence-corrected chi connectivity index (χ2v) is 3.43. The van der Waals surface area contributed by atoms with E-state index in [0.717, 1.165) is 26.1 Å². The SMILES string of the molecule is NNC1CC2COCC(C1)N2. The predicted molar refractivity (Wildman–Crippen MR) is 41.9 cm³/mol. The first-order chi connectivity index (χ1) is 5.38. The molecule has 2 unspecified atom stereocenters. The van der Waals surface area contributed by atoms with E-state index < -0.39 is 0 Å². The average Bonchev–Trinajstić information content (AvgIpc) is 2.03. The van der Waals surface area contributed by atoms with Crippen molar-refractivity contribution < 1.29 is 4.74 Å². The zero-order valence-electron chi connectivity index (χ0n) is 6.55. The Morgan fingerprint density at radius 2 is 1.91 bits per heavy atom. The number of rotatable bonds is 1. The average molecular weight is 157 g/mol. The van der Waals surface area contributed by atoms with Crippen molar-refractivity contribution in [2.45, 2.75) is 31.0 Å². The molecule has 0 aromatic rings. The maximum absolute atomic E-state index is 5.40. The van der Waals surface area contributed by atoms with E-state index >= 15 is 0 Å². The molecule has 0 radical (unpaired) electrons. The van der Waals surface area contributed by atoms with Gasteiger partial charge in [-0.3, -0.25) is 11.3 Å². The van der Waals surface area contributed by atoms with Gasteiger partial charge in [-0.2, -0.15) is 0 Å². The quantitative estimate of drug-likeness (QED) is 0.336. The third-order valence-corrected chi connectivity index (χ3v) is 2.48. The van der Waals surface area contributed by atoms with Crippen LogP contribution >= 0.6 is 0 Å². The molecule has 2 bridgehead atoms. The number of hydrazine groups is 1. The Labute approximate surface area is 66.4 Å². The van der Waals surface area contributed by atoms with Crippen LogP contribution < -0.4 is 16.6 Å². The molecule has 0 aliphatic carbocycles. The Morgan fingerprint density at radius 3 is 2.45 bits per heavy atom. The largest absolute Gasteiger partial charge is 0.378 e. The summed E-state index contributed by atoms with van der Waals surface area (Å²) >= 11 is 0. The van der Waals surface area contributed by atoms with E-state index in [0.29, 0.717) is 18.1 Å². The minimum Gasteiger partial charge on any atom is -0.378 e. The summed E-state index contributed by atoms with van der Waals surface area (Å²) in [6, 6.07) is 1.52. The van der Waals surface area contributed by atoms with Crippen LogP contribution in [-0.2, 0) is 4.74 Å². The summed E-state index contributed by atoms with van der Waals surface area (Å²) in [6.07, 6.45) is 2.18. The van der Waals surface area contributed by atoms with E-state index in [1.165, 1.54) is 0 Å². The molecule has 4 nitrogen and oxygen atoms in total. The zero-order valence-corrected chi connectivity index (χ0v) is 6.55. The van der Waals surface area contributed by atoms with Crippen LogP contribution in [0.3, 0.4) is 0 Å². The van der Waals surface area contributed by atoms with Crippen molar-refractivity contribution in [2.24, 2.45) is 5.84 Å². The Bertz CT molecular complexity index is 130. The molecule has 2 rings (SSSR count). The highest BCUT2D eigenvalue weighted by atomic mass is 16.5. The second-order valence-electron chi connectivity index (χ2n) is 3.43. The molecule has 0 amide bonds. The number of nitrogens with one attached hydrogen (secondary N) is 2. The van der Waals surface area contributed by atoms with Gasteiger partial charge in [-0.1, -0.05) is 0 Å². The van der Waals surface area contributed by atoms with Crippen molar-refractivity contribution in [3.05, 3.63) is 0 Å². The lowest BCUT2D eigenvalue weighted by atomic mass is 9.93. The van der Waals surface area contributed by atoms with Crippen LogP contribution in [0.5, 0.6) is 0 Å². The summed E-state index contributed by atoms with van der Waals surface area (Å²) in [5.41, 5.74) is 2.84. The highest BCUT2D eigenvalue weighted by molar-refractivity contribution is 4.90. The van der Waals surface area contributed by atoms with Crippen molar-refractivity contribution in [1.29, 1.82) is 0 Å². The van der Waals surface area contributed by atoms with Crippen LogP contribution in [0.15, 0.2) is 0 Å². The van der Waals surface area contributed by atoms with Crippen molar-refractivity contribution in [2.75, 3.05) is 13.2 Å². The summed E-state index contributed by atoms with van der Waals surface area (Å²) in [6.45, 7) is 1.68. The van der Waals surface area contributed by atoms with Crippen LogP contribution in [0.4, 0.5) is 0 Å². The third kappa shape index (κ3) is 1.54. The van der Waals surface area contributed by atoms with E-state index in [1.807, 2.05) is 0 Å². The lowest BCUT2D eigenvalue weighted by molar-refractivity contribution is 0.0148. The maximum Gasteiger partial charge on any atom is 0.0621 e. The fraction of sp³-hybridized carbons (Fsp3) is 1.00. The molecular weight excluding hydrogens is 142 g/mol. The number of morpholine rings is 1. The molecule has 4 heteroatoms. The van der Waals surface area contributed by atoms with Gasteiger partial charge >= 0.3 is 0 Å². The van der Waals surface area contributed by atoms with E-state index in [1.54, 1.807) is 0 Å². The zero-order chi connectivity index (χ0) is 7.68. The van der Waals surface area contributed by atoms with Crippen LogP contribution in [0.1, 0.15) is 12.8 Å². The Morgan fingerprint density at radius 1 is 1.27 bits per heavy atom. The lowest BCUT2D eigenvalue weighted by Gasteiger charge is -2.39. The Balaban J connectivity index is 1.94. The van der Waals surface area contributed by atoms with Crippen LogP contribution in [0.25, 0.3) is 0 Å². The van der Waals surface area contributed by atoms with Gasteiger partial charge in [0, 0.05) is 18.1 Å². The summed E-state index contributed by atoms with van der Waals surface area (Å²) in [5.74, 6) is 5.39. The van der Waals surface area contributed by atoms with E-state index in [4.69, 9.17) is 10.6 Å². The number of hydrogen-bond donors (Lipinski definition) is 3. The first kappa shape index (κ1) is 7.49. The Hall–Kier alpha value is -0.160. The van der Waals surface area contributed by atoms with Crippen molar-refractivity contribution in [3.63, 3.8) is 0 Å². The predicted octanol–water partition coefficient (Wildman–Crippen LogP) is -1.03. The first-order valence-corrected chi connectivity index (χ1v) is 4.18. The van der Waals surface area contributed by atoms with Crippen LogP contribution in [0, 0.1) is 0 Å². The smallest absolute Gasteiger partial charge is 0.0621 e. The number of nitrogens with two attached hydrogens (primary N) is 1. The molecular formula is C7H15N3O. The molecule has 0 saturated carbocycles. The molecule has 4 N–H and O–H groups in total. The minimum atomic E-state index is 0.482. The van der Waals surface area contributed by atoms with Gasteiger partial charge in [-0.15, -0.1) is 0 Å². The molecule has 64 valence electrons. The van der Waals surface area contributed by atoms with E-state index in [-0.39, 0.29) is 0 Å². The van der Waals surface area contributed by atoms with Gasteiger partial charge in [0.15, 0.2) is 0 Å². The standard InChI is InChI=1S/C7H15N3O/c8-10-5-1-6-3-11-4-7(2-5)9-6/h5-7,9-10H,1-4,8H2. The third-order valence-electron chi connectivity index (χ3n) is 2.48. The van der Waals surface area contributed by atoms with E-state index in [2.05, 4.69) is 10.7 Å². The summed E-state index contributed by atoms with van der Waals surface area (Å²) in [7, 11) is 0. The minimum absolute atomic E-state index is 0.482. The van der Waals surface area contributed by atoms with Gasteiger partial charge < -0.3 is 10.1 Å². The van der Waals surface area contributed by atoms with Crippen LogP contribution in [-0.4, -0.2) is 31.3 Å². The fourth-order valence-electron chi connectivity index (χ4n) is 1.97. The van der Waals surface area contributed by atoms with Crippen molar-refractivity contribution >= 4 is 0 Å². The highest BCUT2D eigenvalue weighted by Crippen LogP contribution is 2.17. The number of fused-ring (bicyclic) bond motifs is 2. The van der Waals surface area contributed by atoms with Gasteiger partial charge in [0.1, 0.15) is 0 Å². The molecule has 2 saturated heterocycles. The van der Waals surface area contributed by atoms with Crippen molar-refractivity contribution in [3.8, 4) is 0 Å². The number of hydrogen-bond acceptors (Lipinski definition) is 4. The maximum atomic E-state index is 5.40. The number of ether oxygens (including phenoxy) is 1. The van der Waals surface area contributed by atoms with Gasteiger partial charge in [-0.25, -0.2) is 0 Å². The lowest BCUT2D eigenvalue weighted by Crippen LogP contribution is -2.58. The molecule has 0 spiro atoms. The fourth-order valence-corrected chi connectivity index (χ4v) is 1.97. The van der Waals surface area contributed by atoms with Gasteiger partial charge in [0.25, 0.3) is 0 Å². The monoisotopic (exact) mass is 157 g/mol. The molecule has 2 aliphatic rings. The molecule has 2 heterocycles.